The highest BCUT2D eigenvalue weighted by Crippen LogP contribution is 2.26. The standard InChI is InChI=1S/C25H27ClN6O2/c26-13-12-21(33)32-14-4-5-18(15-32)31-25-22(24(28)29-16-30-25)23(27)17-8-10-20(11-9-17)34-19-6-2-1-3-7-19/h1-3,6-11,16,18,27H,4-5,12-15H2,(H3,28,29,30,31). The number of nitrogens with two attached hydrogens (primary N) is 1. The van der Waals surface area contributed by atoms with Crippen molar-refractivity contribution in [2.45, 2.75) is 25.3 Å². The van der Waals surface area contributed by atoms with E-state index in [1.807, 2.05) is 59.5 Å². The molecule has 1 unspecified atom stereocenters. The minimum Gasteiger partial charge on any atom is -0.457 e. The van der Waals surface area contributed by atoms with Gasteiger partial charge in [-0.2, -0.15) is 0 Å². The molecule has 3 aromatic rings. The largest absolute Gasteiger partial charge is 0.457 e. The lowest BCUT2D eigenvalue weighted by Gasteiger charge is -2.33. The molecule has 1 aromatic heterocycles. The first-order valence-corrected chi connectivity index (χ1v) is 11.7. The fraction of sp³-hybridized carbons (Fsp3) is 0.280. The Bertz CT molecular complexity index is 1140. The molecule has 176 valence electrons. The summed E-state index contributed by atoms with van der Waals surface area (Å²) in [4.78, 5) is 22.6. The van der Waals surface area contributed by atoms with Crippen LogP contribution in [0.1, 0.15) is 30.4 Å². The van der Waals surface area contributed by atoms with Gasteiger partial charge in [0.05, 0.1) is 11.3 Å². The van der Waals surface area contributed by atoms with Crippen molar-refractivity contribution in [1.82, 2.24) is 14.9 Å². The van der Waals surface area contributed by atoms with Gasteiger partial charge in [0.15, 0.2) is 0 Å². The number of hydrogen-bond donors (Lipinski definition) is 3. The molecule has 4 N–H and O–H groups in total. The predicted molar refractivity (Wildman–Crippen MR) is 134 cm³/mol. The van der Waals surface area contributed by atoms with Crippen molar-refractivity contribution in [1.29, 1.82) is 5.41 Å². The summed E-state index contributed by atoms with van der Waals surface area (Å²) in [5.74, 6) is 2.48. The van der Waals surface area contributed by atoms with E-state index in [0.717, 1.165) is 25.1 Å². The zero-order chi connectivity index (χ0) is 23.9. The Morgan fingerprint density at radius 2 is 1.88 bits per heavy atom. The van der Waals surface area contributed by atoms with Crippen LogP contribution in [-0.2, 0) is 4.79 Å². The summed E-state index contributed by atoms with van der Waals surface area (Å²) in [6.07, 6.45) is 3.47. The van der Waals surface area contributed by atoms with Crippen LogP contribution >= 0.6 is 11.6 Å². The number of piperidine rings is 1. The highest BCUT2D eigenvalue weighted by molar-refractivity contribution is 6.19. The Balaban J connectivity index is 1.50. The van der Waals surface area contributed by atoms with Crippen LogP contribution in [0.3, 0.4) is 0 Å². The summed E-state index contributed by atoms with van der Waals surface area (Å²) in [7, 11) is 0. The van der Waals surface area contributed by atoms with Crippen molar-refractivity contribution in [3.63, 3.8) is 0 Å². The molecule has 0 saturated carbocycles. The Hall–Kier alpha value is -3.65. The monoisotopic (exact) mass is 478 g/mol. The highest BCUT2D eigenvalue weighted by atomic mass is 35.5. The van der Waals surface area contributed by atoms with Gasteiger partial charge in [0.2, 0.25) is 5.91 Å². The van der Waals surface area contributed by atoms with Crippen LogP contribution in [0.25, 0.3) is 0 Å². The van der Waals surface area contributed by atoms with Gasteiger partial charge in [-0.1, -0.05) is 18.2 Å². The topological polar surface area (TPSA) is 117 Å². The highest BCUT2D eigenvalue weighted by Gasteiger charge is 2.25. The number of nitrogens with one attached hydrogen (secondary N) is 2. The number of benzene rings is 2. The fourth-order valence-electron chi connectivity index (χ4n) is 3.97. The molecule has 0 aliphatic carbocycles. The Morgan fingerprint density at radius 1 is 1.15 bits per heavy atom. The van der Waals surface area contributed by atoms with Gasteiger partial charge in [-0.15, -0.1) is 11.6 Å². The molecule has 34 heavy (non-hydrogen) atoms. The SMILES string of the molecule is N=C(c1ccc(Oc2ccccc2)cc1)c1c(N)ncnc1NC1CCCN(C(=O)CCCl)C1. The zero-order valence-corrected chi connectivity index (χ0v) is 19.5. The Morgan fingerprint density at radius 3 is 2.62 bits per heavy atom. The number of ether oxygens (including phenoxy) is 1. The molecule has 2 aromatic carbocycles. The van der Waals surface area contributed by atoms with Crippen LogP contribution in [0.2, 0.25) is 0 Å². The number of nitrogen functional groups attached to an aromatic ring is 1. The van der Waals surface area contributed by atoms with Gasteiger partial charge >= 0.3 is 0 Å². The first-order chi connectivity index (χ1) is 16.5. The van der Waals surface area contributed by atoms with Crippen molar-refractivity contribution in [2.24, 2.45) is 0 Å². The van der Waals surface area contributed by atoms with E-state index in [2.05, 4.69) is 15.3 Å². The van der Waals surface area contributed by atoms with Crippen LogP contribution in [0.15, 0.2) is 60.9 Å². The van der Waals surface area contributed by atoms with Crippen LogP contribution in [0, 0.1) is 5.41 Å². The number of anilines is 2. The van der Waals surface area contributed by atoms with Crippen LogP contribution in [-0.4, -0.2) is 51.5 Å². The third kappa shape index (κ3) is 5.63. The molecule has 0 bridgehead atoms. The average Bonchev–Trinajstić information content (AvgIpc) is 2.85. The minimum absolute atomic E-state index is 0.00414. The molecule has 2 heterocycles. The lowest BCUT2D eigenvalue weighted by atomic mass is 10.0. The molecule has 1 aliphatic heterocycles. The smallest absolute Gasteiger partial charge is 0.223 e. The first-order valence-electron chi connectivity index (χ1n) is 11.2. The van der Waals surface area contributed by atoms with E-state index < -0.39 is 0 Å². The normalized spacial score (nSPS) is 15.6. The summed E-state index contributed by atoms with van der Waals surface area (Å²) < 4.78 is 5.84. The maximum absolute atomic E-state index is 12.3. The van der Waals surface area contributed by atoms with Crippen molar-refractivity contribution in [2.75, 3.05) is 30.0 Å². The lowest BCUT2D eigenvalue weighted by molar-refractivity contribution is -0.131. The number of likely N-dealkylation sites (tertiary alicyclic amines) is 1. The number of hydrogen-bond acceptors (Lipinski definition) is 7. The van der Waals surface area contributed by atoms with E-state index in [4.69, 9.17) is 27.5 Å². The number of halogens is 1. The van der Waals surface area contributed by atoms with Crippen molar-refractivity contribution >= 4 is 34.9 Å². The number of carbonyl (C=O) groups is 1. The molecular weight excluding hydrogens is 452 g/mol. The van der Waals surface area contributed by atoms with E-state index in [1.54, 1.807) is 0 Å². The third-order valence-corrected chi connectivity index (χ3v) is 5.86. The Kier molecular flexibility index (Phi) is 7.59. The number of rotatable bonds is 8. The molecule has 0 spiro atoms. The summed E-state index contributed by atoms with van der Waals surface area (Å²) >= 11 is 5.74. The van der Waals surface area contributed by atoms with Gasteiger partial charge in [-0.3, -0.25) is 10.2 Å². The van der Waals surface area contributed by atoms with Gasteiger partial charge in [0, 0.05) is 37.0 Å². The van der Waals surface area contributed by atoms with E-state index >= 15 is 0 Å². The molecule has 0 radical (unpaired) electrons. The molecule has 1 saturated heterocycles. The van der Waals surface area contributed by atoms with Gasteiger partial charge in [0.1, 0.15) is 29.5 Å². The Labute approximate surface area is 203 Å². The number of alkyl halides is 1. The zero-order valence-electron chi connectivity index (χ0n) is 18.7. The molecule has 1 atom stereocenters. The summed E-state index contributed by atoms with van der Waals surface area (Å²) in [5.41, 5.74) is 7.48. The minimum atomic E-state index is -0.00414. The van der Waals surface area contributed by atoms with Crippen LogP contribution in [0.4, 0.5) is 11.6 Å². The van der Waals surface area contributed by atoms with Crippen molar-refractivity contribution in [3.8, 4) is 11.5 Å². The van der Waals surface area contributed by atoms with Gasteiger partial charge in [0.25, 0.3) is 0 Å². The van der Waals surface area contributed by atoms with Gasteiger partial charge in [-0.25, -0.2) is 9.97 Å². The molecule has 8 nitrogen and oxygen atoms in total. The number of nitrogens with zero attached hydrogens (tertiary/aromatic N) is 3. The molecule has 1 aliphatic rings. The number of aromatic nitrogens is 2. The first kappa shape index (κ1) is 23.5. The van der Waals surface area contributed by atoms with Crippen molar-refractivity contribution < 1.29 is 9.53 Å². The summed E-state index contributed by atoms with van der Waals surface area (Å²) in [6.45, 7) is 1.28. The van der Waals surface area contributed by atoms with Gasteiger partial charge in [-0.05, 0) is 49.2 Å². The molecular formula is C25H27ClN6O2. The second kappa shape index (κ2) is 11.0. The second-order valence-electron chi connectivity index (χ2n) is 8.06. The molecule has 4 rings (SSSR count). The molecule has 1 amide bonds. The maximum Gasteiger partial charge on any atom is 0.223 e. The van der Waals surface area contributed by atoms with Crippen LogP contribution < -0.4 is 15.8 Å². The van der Waals surface area contributed by atoms with E-state index in [9.17, 15) is 4.79 Å². The quantitative estimate of drug-likeness (QED) is 0.328. The maximum atomic E-state index is 12.3. The van der Waals surface area contributed by atoms with Crippen LogP contribution in [0.5, 0.6) is 11.5 Å². The van der Waals surface area contributed by atoms with Gasteiger partial charge < -0.3 is 20.7 Å². The molecule has 1 fully saturated rings. The van der Waals surface area contributed by atoms with E-state index in [-0.39, 0.29) is 23.5 Å². The van der Waals surface area contributed by atoms with Crippen molar-refractivity contribution in [3.05, 3.63) is 72.1 Å². The second-order valence-corrected chi connectivity index (χ2v) is 8.44. The number of amides is 1. The lowest BCUT2D eigenvalue weighted by Crippen LogP contribution is -2.45. The average molecular weight is 479 g/mol. The fourth-order valence-corrected chi connectivity index (χ4v) is 4.13. The molecule has 9 heteroatoms. The number of carbonyl (C=O) groups excluding carboxylic acids is 1. The van der Waals surface area contributed by atoms with E-state index in [0.29, 0.717) is 41.5 Å². The summed E-state index contributed by atoms with van der Waals surface area (Å²) in [6, 6.07) is 16.7. The predicted octanol–water partition coefficient (Wildman–Crippen LogP) is 4.30. The van der Waals surface area contributed by atoms with E-state index in [1.165, 1.54) is 6.33 Å². The third-order valence-electron chi connectivity index (χ3n) is 5.67. The summed E-state index contributed by atoms with van der Waals surface area (Å²) in [5, 5.41) is 12.2. The number of para-hydroxylation sites is 1.